The van der Waals surface area contributed by atoms with Crippen LogP contribution < -0.4 is 15.0 Å². The standard InChI is InChI=1S/C24H28N4O3/c1-3-17(2)18-8-4-5-9-19(18)25-22(29)16-31-24-23(28-12-14-30-15-13-28)26-20-10-6-7-11-21(20)27-24/h4-11,17H,3,12-16H2,1-2H3,(H,25,29)/t17-/m1/s1. The van der Waals surface area contributed by atoms with E-state index >= 15 is 0 Å². The van der Waals surface area contributed by atoms with Gasteiger partial charge in [0, 0.05) is 18.8 Å². The lowest BCUT2D eigenvalue weighted by Gasteiger charge is -2.28. The number of ether oxygens (including phenoxy) is 2. The molecule has 1 fully saturated rings. The van der Waals surface area contributed by atoms with Crippen LogP contribution in [-0.2, 0) is 9.53 Å². The van der Waals surface area contributed by atoms with Crippen molar-refractivity contribution in [3.8, 4) is 5.88 Å². The number of para-hydroxylation sites is 3. The van der Waals surface area contributed by atoms with Gasteiger partial charge in [0.15, 0.2) is 12.4 Å². The Kier molecular flexibility index (Phi) is 6.62. The zero-order valence-electron chi connectivity index (χ0n) is 18.0. The SMILES string of the molecule is CC[C@@H](C)c1ccccc1NC(=O)COc1nc2ccccc2nc1N1CCOCC1. The second-order valence-corrected chi connectivity index (χ2v) is 7.67. The van der Waals surface area contributed by atoms with Crippen LogP contribution in [0, 0.1) is 0 Å². The molecule has 1 saturated heterocycles. The topological polar surface area (TPSA) is 76.6 Å². The molecule has 162 valence electrons. The van der Waals surface area contributed by atoms with Crippen molar-refractivity contribution >= 4 is 28.4 Å². The number of rotatable bonds is 7. The summed E-state index contributed by atoms with van der Waals surface area (Å²) in [5.41, 5.74) is 3.47. The molecule has 31 heavy (non-hydrogen) atoms. The van der Waals surface area contributed by atoms with Gasteiger partial charge in [0.2, 0.25) is 0 Å². The number of anilines is 2. The summed E-state index contributed by atoms with van der Waals surface area (Å²) in [5, 5.41) is 2.99. The van der Waals surface area contributed by atoms with Gasteiger partial charge in [-0.15, -0.1) is 0 Å². The molecule has 1 aromatic heterocycles. The zero-order valence-corrected chi connectivity index (χ0v) is 18.0. The van der Waals surface area contributed by atoms with Gasteiger partial charge in [-0.25, -0.2) is 9.97 Å². The maximum atomic E-state index is 12.7. The lowest BCUT2D eigenvalue weighted by Crippen LogP contribution is -2.37. The molecule has 4 rings (SSSR count). The van der Waals surface area contributed by atoms with Crippen LogP contribution in [0.2, 0.25) is 0 Å². The second-order valence-electron chi connectivity index (χ2n) is 7.67. The minimum Gasteiger partial charge on any atom is -0.465 e. The Morgan fingerprint density at radius 1 is 1.10 bits per heavy atom. The molecule has 0 saturated carbocycles. The van der Waals surface area contributed by atoms with E-state index in [2.05, 4.69) is 35.1 Å². The normalized spacial score (nSPS) is 15.0. The van der Waals surface area contributed by atoms with Crippen LogP contribution in [0.4, 0.5) is 11.5 Å². The zero-order chi connectivity index (χ0) is 21.6. The number of carbonyl (C=O) groups is 1. The number of fused-ring (bicyclic) bond motifs is 1. The van der Waals surface area contributed by atoms with Gasteiger partial charge < -0.3 is 19.7 Å². The van der Waals surface area contributed by atoms with E-state index in [0.717, 1.165) is 28.7 Å². The maximum absolute atomic E-state index is 12.7. The Morgan fingerprint density at radius 3 is 2.52 bits per heavy atom. The lowest BCUT2D eigenvalue weighted by atomic mass is 9.97. The Balaban J connectivity index is 1.52. The highest BCUT2D eigenvalue weighted by atomic mass is 16.5. The van der Waals surface area contributed by atoms with Crippen molar-refractivity contribution in [2.24, 2.45) is 0 Å². The van der Waals surface area contributed by atoms with Gasteiger partial charge in [0.1, 0.15) is 0 Å². The minimum atomic E-state index is -0.223. The van der Waals surface area contributed by atoms with E-state index in [-0.39, 0.29) is 12.5 Å². The highest BCUT2D eigenvalue weighted by molar-refractivity contribution is 5.92. The summed E-state index contributed by atoms with van der Waals surface area (Å²) in [6, 6.07) is 15.6. The molecular weight excluding hydrogens is 392 g/mol. The molecule has 7 heteroatoms. The van der Waals surface area contributed by atoms with Crippen molar-refractivity contribution in [2.75, 3.05) is 43.1 Å². The fourth-order valence-electron chi connectivity index (χ4n) is 3.63. The number of morpholine rings is 1. The van der Waals surface area contributed by atoms with E-state index in [1.54, 1.807) is 0 Å². The Bertz CT molecular complexity index is 1050. The number of nitrogens with zero attached hydrogens (tertiary/aromatic N) is 3. The predicted molar refractivity (Wildman–Crippen MR) is 122 cm³/mol. The summed E-state index contributed by atoms with van der Waals surface area (Å²) in [4.78, 5) is 24.2. The minimum absolute atomic E-state index is 0.140. The molecule has 1 atom stereocenters. The van der Waals surface area contributed by atoms with Gasteiger partial charge in [-0.3, -0.25) is 4.79 Å². The third-order valence-electron chi connectivity index (χ3n) is 5.55. The molecule has 2 aromatic carbocycles. The van der Waals surface area contributed by atoms with E-state index in [4.69, 9.17) is 14.5 Å². The van der Waals surface area contributed by atoms with Crippen molar-refractivity contribution in [2.45, 2.75) is 26.2 Å². The van der Waals surface area contributed by atoms with Crippen molar-refractivity contribution < 1.29 is 14.3 Å². The van der Waals surface area contributed by atoms with Gasteiger partial charge >= 0.3 is 0 Å². The van der Waals surface area contributed by atoms with Gasteiger partial charge in [0.05, 0.1) is 24.2 Å². The number of benzene rings is 2. The largest absolute Gasteiger partial charge is 0.465 e. The van der Waals surface area contributed by atoms with Gasteiger partial charge in [0.25, 0.3) is 11.8 Å². The highest BCUT2D eigenvalue weighted by Crippen LogP contribution is 2.29. The van der Waals surface area contributed by atoms with Crippen molar-refractivity contribution in [1.29, 1.82) is 0 Å². The monoisotopic (exact) mass is 420 g/mol. The fourth-order valence-corrected chi connectivity index (χ4v) is 3.63. The third-order valence-corrected chi connectivity index (χ3v) is 5.55. The summed E-state index contributed by atoms with van der Waals surface area (Å²) in [6.45, 7) is 6.81. The van der Waals surface area contributed by atoms with Crippen LogP contribution in [0.3, 0.4) is 0 Å². The van der Waals surface area contributed by atoms with Crippen molar-refractivity contribution in [1.82, 2.24) is 9.97 Å². The third kappa shape index (κ3) is 4.94. The van der Waals surface area contributed by atoms with Crippen LogP contribution in [0.15, 0.2) is 48.5 Å². The predicted octanol–water partition coefficient (Wildman–Crippen LogP) is 4.00. The van der Waals surface area contributed by atoms with Crippen molar-refractivity contribution in [3.05, 3.63) is 54.1 Å². The number of hydrogen-bond acceptors (Lipinski definition) is 6. The molecule has 1 N–H and O–H groups in total. The number of amides is 1. The summed E-state index contributed by atoms with van der Waals surface area (Å²) in [5.74, 6) is 1.15. The van der Waals surface area contributed by atoms with Crippen LogP contribution in [0.1, 0.15) is 31.7 Å². The van der Waals surface area contributed by atoms with E-state index in [0.29, 0.717) is 43.9 Å². The molecule has 1 aliphatic rings. The first-order chi connectivity index (χ1) is 15.2. The Hall–Kier alpha value is -3.19. The van der Waals surface area contributed by atoms with E-state index < -0.39 is 0 Å². The van der Waals surface area contributed by atoms with E-state index in [9.17, 15) is 4.79 Å². The van der Waals surface area contributed by atoms with Crippen LogP contribution in [0.25, 0.3) is 11.0 Å². The molecule has 2 heterocycles. The smallest absolute Gasteiger partial charge is 0.262 e. The maximum Gasteiger partial charge on any atom is 0.262 e. The molecule has 3 aromatic rings. The Labute approximate surface area is 182 Å². The van der Waals surface area contributed by atoms with Crippen molar-refractivity contribution in [3.63, 3.8) is 0 Å². The average molecular weight is 421 g/mol. The summed E-state index contributed by atoms with van der Waals surface area (Å²) >= 11 is 0. The number of hydrogen-bond donors (Lipinski definition) is 1. The molecule has 0 aliphatic carbocycles. The Morgan fingerprint density at radius 2 is 1.77 bits per heavy atom. The first-order valence-corrected chi connectivity index (χ1v) is 10.8. The van der Waals surface area contributed by atoms with Crippen LogP contribution in [-0.4, -0.2) is 48.8 Å². The van der Waals surface area contributed by atoms with E-state index in [1.165, 1.54) is 0 Å². The molecule has 0 unspecified atom stereocenters. The lowest BCUT2D eigenvalue weighted by molar-refractivity contribution is -0.118. The molecular formula is C24H28N4O3. The van der Waals surface area contributed by atoms with Gasteiger partial charge in [-0.05, 0) is 36.1 Å². The highest BCUT2D eigenvalue weighted by Gasteiger charge is 2.21. The first kappa shape index (κ1) is 21.1. The fraction of sp³-hybridized carbons (Fsp3) is 0.375. The quantitative estimate of drug-likeness (QED) is 0.623. The average Bonchev–Trinajstić information content (AvgIpc) is 2.82. The summed E-state index contributed by atoms with van der Waals surface area (Å²) < 4.78 is 11.3. The summed E-state index contributed by atoms with van der Waals surface area (Å²) in [7, 11) is 0. The second kappa shape index (κ2) is 9.75. The molecule has 1 amide bonds. The molecule has 0 spiro atoms. The number of aromatic nitrogens is 2. The van der Waals surface area contributed by atoms with Crippen LogP contribution in [0.5, 0.6) is 5.88 Å². The van der Waals surface area contributed by atoms with Gasteiger partial charge in [-0.1, -0.05) is 44.2 Å². The summed E-state index contributed by atoms with van der Waals surface area (Å²) in [6.07, 6.45) is 0.999. The molecule has 7 nitrogen and oxygen atoms in total. The molecule has 1 aliphatic heterocycles. The first-order valence-electron chi connectivity index (χ1n) is 10.8. The van der Waals surface area contributed by atoms with Gasteiger partial charge in [-0.2, -0.15) is 0 Å². The molecule has 0 bridgehead atoms. The number of carbonyl (C=O) groups excluding carboxylic acids is 1. The molecule has 0 radical (unpaired) electrons. The number of nitrogens with one attached hydrogen (secondary N) is 1. The van der Waals surface area contributed by atoms with Crippen LogP contribution >= 0.6 is 0 Å². The van der Waals surface area contributed by atoms with E-state index in [1.807, 2.05) is 42.5 Å².